The number of nitrogens with one attached hydrogen (secondary N) is 1. The third-order valence-corrected chi connectivity index (χ3v) is 4.32. The zero-order valence-electron chi connectivity index (χ0n) is 16.2. The zero-order valence-corrected chi connectivity index (χ0v) is 18.6. The molecule has 0 unspecified atom stereocenters. The predicted molar refractivity (Wildman–Crippen MR) is 123 cm³/mol. The van der Waals surface area contributed by atoms with Crippen molar-refractivity contribution in [1.29, 1.82) is 0 Å². The van der Waals surface area contributed by atoms with E-state index in [-0.39, 0.29) is 24.0 Å². The first-order valence-corrected chi connectivity index (χ1v) is 8.96. The topological polar surface area (TPSA) is 53.6 Å². The van der Waals surface area contributed by atoms with E-state index in [0.29, 0.717) is 12.5 Å². The van der Waals surface area contributed by atoms with Gasteiger partial charge >= 0.3 is 0 Å². The summed E-state index contributed by atoms with van der Waals surface area (Å²) in [5, 5.41) is 3.19. The lowest BCUT2D eigenvalue weighted by Crippen LogP contribution is -2.24. The van der Waals surface area contributed by atoms with Crippen LogP contribution in [0.15, 0.2) is 47.5 Å². The van der Waals surface area contributed by atoms with Gasteiger partial charge in [-0.25, -0.2) is 4.99 Å². The number of rotatable bonds is 7. The molecule has 0 aliphatic carbocycles. The van der Waals surface area contributed by atoms with E-state index in [0.717, 1.165) is 25.3 Å². The molecule has 0 saturated heterocycles. The van der Waals surface area contributed by atoms with Gasteiger partial charge in [0.05, 0.1) is 6.54 Å². The number of hydrogen-bond acceptors (Lipinski definition) is 2. The summed E-state index contributed by atoms with van der Waals surface area (Å²) in [4.78, 5) is 6.94. The Morgan fingerprint density at radius 2 is 1.58 bits per heavy atom. The minimum Gasteiger partial charge on any atom is -0.370 e. The van der Waals surface area contributed by atoms with Crippen molar-refractivity contribution in [2.75, 3.05) is 18.4 Å². The monoisotopic (exact) mass is 466 g/mol. The highest BCUT2D eigenvalue weighted by atomic mass is 127. The number of anilines is 1. The second-order valence-corrected chi connectivity index (χ2v) is 6.43. The first-order chi connectivity index (χ1) is 12.0. The number of hydrogen-bond donors (Lipinski definition) is 2. The minimum absolute atomic E-state index is 0. The molecule has 0 atom stereocenters. The van der Waals surface area contributed by atoms with Crippen LogP contribution >= 0.6 is 24.0 Å². The van der Waals surface area contributed by atoms with Gasteiger partial charge in [-0.15, -0.1) is 24.0 Å². The molecule has 0 bridgehead atoms. The molecule has 0 heterocycles. The van der Waals surface area contributed by atoms with E-state index >= 15 is 0 Å². The summed E-state index contributed by atoms with van der Waals surface area (Å²) >= 11 is 0. The fourth-order valence-corrected chi connectivity index (χ4v) is 2.96. The molecule has 4 nitrogen and oxygen atoms in total. The molecular weight excluding hydrogens is 435 g/mol. The lowest BCUT2D eigenvalue weighted by atomic mass is 10.1. The molecule has 2 aromatic carbocycles. The van der Waals surface area contributed by atoms with Crippen LogP contribution in [0.5, 0.6) is 0 Å². The highest BCUT2D eigenvalue weighted by Gasteiger charge is 2.06. The Hall–Kier alpha value is -1.60. The number of nitrogens with two attached hydrogens (primary N) is 1. The number of benzene rings is 2. The van der Waals surface area contributed by atoms with Gasteiger partial charge in [0.1, 0.15) is 0 Å². The number of halogens is 1. The number of guanidine groups is 1. The van der Waals surface area contributed by atoms with Gasteiger partial charge < -0.3 is 11.1 Å². The predicted octanol–water partition coefficient (Wildman–Crippen LogP) is 4.69. The summed E-state index contributed by atoms with van der Waals surface area (Å²) in [7, 11) is 0. The molecule has 0 saturated carbocycles. The van der Waals surface area contributed by atoms with E-state index < -0.39 is 0 Å². The Kier molecular flexibility index (Phi) is 9.65. The summed E-state index contributed by atoms with van der Waals surface area (Å²) in [6.07, 6.45) is 0. The van der Waals surface area contributed by atoms with Crippen LogP contribution in [0.1, 0.15) is 36.1 Å². The molecular formula is C21H31IN4. The fourth-order valence-electron chi connectivity index (χ4n) is 2.96. The van der Waals surface area contributed by atoms with Crippen LogP contribution < -0.4 is 11.1 Å². The van der Waals surface area contributed by atoms with Gasteiger partial charge in [-0.3, -0.25) is 4.90 Å². The molecule has 0 amide bonds. The lowest BCUT2D eigenvalue weighted by molar-refractivity contribution is 0.295. The zero-order chi connectivity index (χ0) is 18.2. The molecule has 2 aromatic rings. The molecule has 0 fully saturated rings. The highest BCUT2D eigenvalue weighted by molar-refractivity contribution is 14.0. The van der Waals surface area contributed by atoms with Gasteiger partial charge in [0.2, 0.25) is 0 Å². The van der Waals surface area contributed by atoms with Crippen LogP contribution in [0.3, 0.4) is 0 Å². The first-order valence-electron chi connectivity index (χ1n) is 8.96. The molecule has 0 aliphatic heterocycles. The summed E-state index contributed by atoms with van der Waals surface area (Å²) in [5.41, 5.74) is 12.0. The van der Waals surface area contributed by atoms with Gasteiger partial charge in [-0.1, -0.05) is 44.2 Å². The minimum atomic E-state index is 0. The van der Waals surface area contributed by atoms with Crippen LogP contribution in [0.4, 0.5) is 5.69 Å². The van der Waals surface area contributed by atoms with Crippen molar-refractivity contribution in [1.82, 2.24) is 4.90 Å². The van der Waals surface area contributed by atoms with Crippen molar-refractivity contribution in [2.24, 2.45) is 10.7 Å². The van der Waals surface area contributed by atoms with Crippen LogP contribution in [0.2, 0.25) is 0 Å². The maximum Gasteiger partial charge on any atom is 0.193 e. The molecule has 142 valence electrons. The van der Waals surface area contributed by atoms with E-state index in [2.05, 4.69) is 85.4 Å². The normalized spacial score (nSPS) is 11.3. The van der Waals surface area contributed by atoms with Crippen molar-refractivity contribution in [2.45, 2.75) is 40.8 Å². The Labute approximate surface area is 174 Å². The molecule has 0 radical (unpaired) electrons. The van der Waals surface area contributed by atoms with Crippen molar-refractivity contribution < 1.29 is 0 Å². The Bertz CT molecular complexity index is 703. The van der Waals surface area contributed by atoms with E-state index in [9.17, 15) is 0 Å². The van der Waals surface area contributed by atoms with Gasteiger partial charge in [0.15, 0.2) is 5.96 Å². The summed E-state index contributed by atoms with van der Waals surface area (Å²) in [5.74, 6) is 0.447. The highest BCUT2D eigenvalue weighted by Crippen LogP contribution is 2.15. The quantitative estimate of drug-likeness (QED) is 0.354. The largest absolute Gasteiger partial charge is 0.370 e. The van der Waals surface area contributed by atoms with Gasteiger partial charge in [0.25, 0.3) is 0 Å². The average Bonchev–Trinajstić information content (AvgIpc) is 2.57. The molecule has 26 heavy (non-hydrogen) atoms. The van der Waals surface area contributed by atoms with Crippen molar-refractivity contribution in [3.8, 4) is 0 Å². The van der Waals surface area contributed by atoms with Crippen molar-refractivity contribution in [3.63, 3.8) is 0 Å². The second kappa shape index (κ2) is 11.2. The third-order valence-electron chi connectivity index (χ3n) is 4.32. The fraction of sp³-hybridized carbons (Fsp3) is 0.381. The van der Waals surface area contributed by atoms with Gasteiger partial charge in [-0.05, 0) is 61.3 Å². The molecule has 0 spiro atoms. The average molecular weight is 466 g/mol. The van der Waals surface area contributed by atoms with Crippen LogP contribution in [0.25, 0.3) is 0 Å². The maximum absolute atomic E-state index is 6.09. The van der Waals surface area contributed by atoms with Gasteiger partial charge in [0, 0.05) is 12.2 Å². The van der Waals surface area contributed by atoms with E-state index in [1.807, 2.05) is 0 Å². The van der Waals surface area contributed by atoms with Crippen LogP contribution in [-0.2, 0) is 13.1 Å². The molecule has 0 aliphatic rings. The summed E-state index contributed by atoms with van der Waals surface area (Å²) in [6, 6.07) is 14.7. The first kappa shape index (κ1) is 22.4. The molecule has 0 aromatic heterocycles. The smallest absolute Gasteiger partial charge is 0.193 e. The number of aryl methyl sites for hydroxylation is 2. The van der Waals surface area contributed by atoms with Crippen LogP contribution in [0, 0.1) is 13.8 Å². The molecule has 3 N–H and O–H groups in total. The van der Waals surface area contributed by atoms with Crippen LogP contribution in [-0.4, -0.2) is 23.9 Å². The Morgan fingerprint density at radius 1 is 1.00 bits per heavy atom. The maximum atomic E-state index is 6.09. The number of nitrogens with zero attached hydrogens (tertiary/aromatic N) is 2. The van der Waals surface area contributed by atoms with E-state index in [1.54, 1.807) is 0 Å². The van der Waals surface area contributed by atoms with Crippen molar-refractivity contribution in [3.05, 3.63) is 64.7 Å². The summed E-state index contributed by atoms with van der Waals surface area (Å²) < 4.78 is 0. The number of aliphatic imine (C=N–C) groups is 1. The third kappa shape index (κ3) is 6.96. The second-order valence-electron chi connectivity index (χ2n) is 6.43. The summed E-state index contributed by atoms with van der Waals surface area (Å²) in [6.45, 7) is 12.2. The molecule has 5 heteroatoms. The lowest BCUT2D eigenvalue weighted by Gasteiger charge is -2.19. The standard InChI is InChI=1S/C21H30N4.HI/c1-5-25(6-2)15-19-10-8-7-9-18(19)14-23-21(22)24-20-12-16(3)11-17(4)13-20;/h7-13H,5-6,14-15H2,1-4H3,(H3,22,23,24);1H. The van der Waals surface area contributed by atoms with E-state index in [1.165, 1.54) is 22.3 Å². The van der Waals surface area contributed by atoms with Gasteiger partial charge in [-0.2, -0.15) is 0 Å². The van der Waals surface area contributed by atoms with E-state index in [4.69, 9.17) is 5.73 Å². The Morgan fingerprint density at radius 3 is 2.15 bits per heavy atom. The molecule has 2 rings (SSSR count). The Balaban J connectivity index is 0.00000338. The SMILES string of the molecule is CCN(CC)Cc1ccccc1CN=C(N)Nc1cc(C)cc(C)c1.I. The van der Waals surface area contributed by atoms with Crippen molar-refractivity contribution >= 4 is 35.6 Å².